The molecule has 0 aliphatic carbocycles. The number of amidine groups is 1. The van der Waals surface area contributed by atoms with Gasteiger partial charge in [0.25, 0.3) is 0 Å². The Balaban J connectivity index is 1.60. The summed E-state index contributed by atoms with van der Waals surface area (Å²) in [5.41, 5.74) is 2.31. The van der Waals surface area contributed by atoms with Crippen molar-refractivity contribution >= 4 is 41.0 Å². The highest BCUT2D eigenvalue weighted by Gasteiger charge is 2.44. The molecule has 2 heterocycles. The molecule has 0 radical (unpaired) electrons. The molecule has 1 fully saturated rings. The number of ether oxygens (including phenoxy) is 2. The molecule has 1 saturated heterocycles. The fraction of sp³-hybridized carbons (Fsp3) is 0.382. The summed E-state index contributed by atoms with van der Waals surface area (Å²) in [5, 5.41) is 4.16. The zero-order valence-electron chi connectivity index (χ0n) is 26.2. The summed E-state index contributed by atoms with van der Waals surface area (Å²) in [6.45, 7) is 8.38. The van der Waals surface area contributed by atoms with Crippen LogP contribution in [0.5, 0.6) is 11.5 Å². The van der Waals surface area contributed by atoms with Gasteiger partial charge in [0.15, 0.2) is 0 Å². The summed E-state index contributed by atoms with van der Waals surface area (Å²) < 4.78 is 11.7. The molecular formula is C34H39Cl2N5O4. The molecule has 11 heteroatoms. The van der Waals surface area contributed by atoms with Crippen LogP contribution in [0, 0.1) is 0 Å². The fourth-order valence-corrected chi connectivity index (χ4v) is 5.90. The SMILES string of the molecule is COc1ccc(C2=N[C@H](c3ccc(Cl)cc3)[C@H](c3ccc(Cl)cc3)N2C(=O)N[C@@H](C)C(=O)N2CCN(C)CC2)c(OC(C)C)c1. The number of methoxy groups -OCH3 is 1. The molecule has 45 heavy (non-hydrogen) atoms. The van der Waals surface area contributed by atoms with E-state index in [1.165, 1.54) is 0 Å². The van der Waals surface area contributed by atoms with Gasteiger partial charge >= 0.3 is 6.03 Å². The van der Waals surface area contributed by atoms with Crippen molar-refractivity contribution in [3.8, 4) is 11.5 Å². The lowest BCUT2D eigenvalue weighted by atomic mass is 9.94. The van der Waals surface area contributed by atoms with E-state index < -0.39 is 24.2 Å². The second-order valence-corrected chi connectivity index (χ2v) is 12.5. The molecule has 2 aliphatic rings. The lowest BCUT2D eigenvalue weighted by molar-refractivity contribution is -0.134. The number of hydrogen-bond acceptors (Lipinski definition) is 6. The van der Waals surface area contributed by atoms with Gasteiger partial charge in [-0.15, -0.1) is 0 Å². The summed E-state index contributed by atoms with van der Waals surface area (Å²) in [5.74, 6) is 1.41. The maximum atomic E-state index is 14.5. The van der Waals surface area contributed by atoms with Crippen LogP contribution >= 0.6 is 23.2 Å². The highest BCUT2D eigenvalue weighted by atomic mass is 35.5. The molecule has 0 bridgehead atoms. The van der Waals surface area contributed by atoms with Crippen LogP contribution < -0.4 is 14.8 Å². The molecule has 1 N–H and O–H groups in total. The van der Waals surface area contributed by atoms with Crippen LogP contribution in [0.3, 0.4) is 0 Å². The van der Waals surface area contributed by atoms with E-state index >= 15 is 0 Å². The van der Waals surface area contributed by atoms with Crippen LogP contribution in [0.25, 0.3) is 0 Å². The summed E-state index contributed by atoms with van der Waals surface area (Å²) in [4.78, 5) is 38.7. The van der Waals surface area contributed by atoms with Crippen molar-refractivity contribution in [1.29, 1.82) is 0 Å². The zero-order chi connectivity index (χ0) is 32.2. The van der Waals surface area contributed by atoms with Crippen LogP contribution in [0.15, 0.2) is 71.7 Å². The standard InChI is InChI=1S/C34H39Cl2N5O4/c1-21(2)45-29-20-27(44-5)14-15-28(29)32-38-30(23-6-10-25(35)11-7-23)31(24-8-12-26(36)13-9-24)41(32)34(43)37-22(3)33(42)40-18-16-39(4)17-19-40/h6-15,20-22,30-31H,16-19H2,1-5H3,(H,37,43)/t22-,30+,31-/m0/s1. The average molecular weight is 653 g/mol. The van der Waals surface area contributed by atoms with Crippen LogP contribution in [-0.2, 0) is 4.79 Å². The van der Waals surface area contributed by atoms with E-state index in [-0.39, 0.29) is 12.0 Å². The van der Waals surface area contributed by atoms with Crippen molar-refractivity contribution in [3.63, 3.8) is 0 Å². The molecule has 3 amide bonds. The predicted molar refractivity (Wildman–Crippen MR) is 178 cm³/mol. The van der Waals surface area contributed by atoms with Gasteiger partial charge in [-0.1, -0.05) is 47.5 Å². The molecular weight excluding hydrogens is 613 g/mol. The number of carbonyl (C=O) groups is 2. The average Bonchev–Trinajstić information content (AvgIpc) is 3.42. The Morgan fingerprint density at radius 1 is 0.889 bits per heavy atom. The number of nitrogens with one attached hydrogen (secondary N) is 1. The zero-order valence-corrected chi connectivity index (χ0v) is 27.7. The molecule has 3 aromatic rings. The van der Waals surface area contributed by atoms with E-state index in [0.29, 0.717) is 46.0 Å². The highest BCUT2D eigenvalue weighted by molar-refractivity contribution is 6.30. The Bertz CT molecular complexity index is 1540. The Kier molecular flexibility index (Phi) is 10.2. The van der Waals surface area contributed by atoms with Crippen molar-refractivity contribution in [1.82, 2.24) is 20.0 Å². The van der Waals surface area contributed by atoms with Gasteiger partial charge in [0, 0.05) is 42.3 Å². The quantitative estimate of drug-likeness (QED) is 0.313. The maximum absolute atomic E-state index is 14.5. The number of urea groups is 1. The van der Waals surface area contributed by atoms with Gasteiger partial charge in [0.05, 0.1) is 24.8 Å². The molecule has 3 aromatic carbocycles. The molecule has 5 rings (SSSR count). The molecule has 2 aliphatic heterocycles. The van der Waals surface area contributed by atoms with Crippen molar-refractivity contribution in [2.24, 2.45) is 4.99 Å². The summed E-state index contributed by atoms with van der Waals surface area (Å²) in [7, 11) is 3.62. The van der Waals surface area contributed by atoms with Crippen molar-refractivity contribution < 1.29 is 19.1 Å². The van der Waals surface area contributed by atoms with Gasteiger partial charge in [0.1, 0.15) is 29.4 Å². The largest absolute Gasteiger partial charge is 0.497 e. The van der Waals surface area contributed by atoms with Gasteiger partial charge in [-0.3, -0.25) is 14.7 Å². The lowest BCUT2D eigenvalue weighted by Crippen LogP contribution is -2.55. The fourth-order valence-electron chi connectivity index (χ4n) is 5.65. The van der Waals surface area contributed by atoms with E-state index in [2.05, 4.69) is 10.2 Å². The third-order valence-electron chi connectivity index (χ3n) is 8.03. The number of nitrogens with zero attached hydrogens (tertiary/aromatic N) is 4. The maximum Gasteiger partial charge on any atom is 0.324 e. The number of likely N-dealkylation sites (N-methyl/N-ethyl adjacent to an activating group) is 1. The monoisotopic (exact) mass is 651 g/mol. The molecule has 0 unspecified atom stereocenters. The second-order valence-electron chi connectivity index (χ2n) is 11.6. The van der Waals surface area contributed by atoms with Gasteiger partial charge in [-0.25, -0.2) is 4.79 Å². The minimum atomic E-state index is -0.759. The summed E-state index contributed by atoms with van der Waals surface area (Å²) >= 11 is 12.5. The number of halogens is 2. The number of aliphatic imine (C=N–C) groups is 1. The number of hydrogen-bond donors (Lipinski definition) is 1. The number of benzene rings is 3. The van der Waals surface area contributed by atoms with Crippen LogP contribution in [0.4, 0.5) is 4.79 Å². The smallest absolute Gasteiger partial charge is 0.324 e. The number of amides is 3. The van der Waals surface area contributed by atoms with E-state index in [4.69, 9.17) is 37.7 Å². The van der Waals surface area contributed by atoms with E-state index in [1.807, 2.05) is 69.4 Å². The van der Waals surface area contributed by atoms with Crippen molar-refractivity contribution in [2.45, 2.75) is 45.0 Å². The first-order valence-electron chi connectivity index (χ1n) is 15.1. The normalized spacial score (nSPS) is 19.3. The van der Waals surface area contributed by atoms with Crippen molar-refractivity contribution in [3.05, 3.63) is 93.5 Å². The Morgan fingerprint density at radius 3 is 2.07 bits per heavy atom. The molecule has 3 atom stereocenters. The Labute approximate surface area is 274 Å². The molecule has 0 spiro atoms. The van der Waals surface area contributed by atoms with Gasteiger partial charge in [-0.2, -0.15) is 0 Å². The number of piperazine rings is 1. The van der Waals surface area contributed by atoms with Gasteiger partial charge in [0.2, 0.25) is 5.91 Å². The van der Waals surface area contributed by atoms with E-state index in [0.717, 1.165) is 24.2 Å². The summed E-state index contributed by atoms with van der Waals surface area (Å²) in [6, 6.07) is 18.0. The van der Waals surface area contributed by atoms with E-state index in [9.17, 15) is 9.59 Å². The number of rotatable bonds is 8. The van der Waals surface area contributed by atoms with Crippen molar-refractivity contribution in [2.75, 3.05) is 40.3 Å². The molecule has 0 saturated carbocycles. The summed E-state index contributed by atoms with van der Waals surface area (Å²) in [6.07, 6.45) is -0.152. The molecule has 9 nitrogen and oxygen atoms in total. The first kappa shape index (κ1) is 32.6. The lowest BCUT2D eigenvalue weighted by Gasteiger charge is -2.35. The minimum absolute atomic E-state index is 0.125. The second kappa shape index (κ2) is 14.1. The Morgan fingerprint density at radius 2 is 1.49 bits per heavy atom. The predicted octanol–water partition coefficient (Wildman–Crippen LogP) is 6.21. The Hall–Kier alpha value is -3.79. The third-order valence-corrected chi connectivity index (χ3v) is 8.53. The van der Waals surface area contributed by atoms with Crippen LogP contribution in [0.1, 0.15) is 49.5 Å². The minimum Gasteiger partial charge on any atom is -0.497 e. The highest BCUT2D eigenvalue weighted by Crippen LogP contribution is 2.45. The molecule has 238 valence electrons. The topological polar surface area (TPSA) is 86.7 Å². The first-order valence-corrected chi connectivity index (χ1v) is 15.8. The first-order chi connectivity index (χ1) is 21.5. The number of carbonyl (C=O) groups excluding carboxylic acids is 2. The van der Waals surface area contributed by atoms with Gasteiger partial charge < -0.3 is 24.6 Å². The third kappa shape index (κ3) is 7.38. The molecule has 0 aromatic heterocycles. The van der Waals surface area contributed by atoms with Crippen LogP contribution in [0.2, 0.25) is 10.0 Å². The van der Waals surface area contributed by atoms with Gasteiger partial charge in [-0.05, 0) is 75.3 Å². The van der Waals surface area contributed by atoms with Crippen LogP contribution in [-0.4, -0.2) is 85.0 Å². The van der Waals surface area contributed by atoms with E-state index in [1.54, 1.807) is 42.0 Å².